The number of ether oxygens (including phenoxy) is 2. The highest BCUT2D eigenvalue weighted by molar-refractivity contribution is 5.81. The van der Waals surface area contributed by atoms with Crippen molar-refractivity contribution in [2.24, 2.45) is 0 Å². The molecule has 0 radical (unpaired) electrons. The van der Waals surface area contributed by atoms with Crippen molar-refractivity contribution in [3.8, 4) is 0 Å². The average Bonchev–Trinajstić information content (AvgIpc) is 2.56. The molecule has 0 aliphatic heterocycles. The van der Waals surface area contributed by atoms with Gasteiger partial charge in [-0.3, -0.25) is 0 Å². The maximum Gasteiger partial charge on any atom is 0.330 e. The number of carbonyl (C=O) groups excluding carboxylic acids is 2. The van der Waals surface area contributed by atoms with Gasteiger partial charge in [-0.2, -0.15) is 0 Å². The molecule has 0 unspecified atom stereocenters. The van der Waals surface area contributed by atoms with Crippen LogP contribution in [-0.4, -0.2) is 25.2 Å². The molecule has 1 aromatic rings. The summed E-state index contributed by atoms with van der Waals surface area (Å²) in [6, 6.07) is 8.28. The van der Waals surface area contributed by atoms with Crippen LogP contribution in [0.25, 0.3) is 0 Å². The van der Waals surface area contributed by atoms with Gasteiger partial charge in [-0.15, -0.1) is 0 Å². The van der Waals surface area contributed by atoms with E-state index in [0.29, 0.717) is 13.2 Å². The van der Waals surface area contributed by atoms with E-state index in [4.69, 9.17) is 9.47 Å². The lowest BCUT2D eigenvalue weighted by Crippen LogP contribution is -2.03. The predicted molar refractivity (Wildman–Crippen MR) is 85.4 cm³/mol. The summed E-state index contributed by atoms with van der Waals surface area (Å²) in [6.07, 6.45) is 5.64. The Morgan fingerprint density at radius 1 is 0.818 bits per heavy atom. The molecule has 22 heavy (non-hydrogen) atoms. The van der Waals surface area contributed by atoms with E-state index in [2.05, 4.69) is 37.4 Å². The van der Waals surface area contributed by atoms with Gasteiger partial charge in [-0.25, -0.2) is 9.59 Å². The Bertz CT molecular complexity index is 455. The Kier molecular flexibility index (Phi) is 8.35. The Morgan fingerprint density at radius 2 is 1.18 bits per heavy atom. The van der Waals surface area contributed by atoms with E-state index in [-0.39, 0.29) is 11.9 Å². The molecule has 1 aromatic carbocycles. The third kappa shape index (κ3) is 7.43. The Hall–Kier alpha value is -2.36. The molecule has 4 nitrogen and oxygen atoms in total. The summed E-state index contributed by atoms with van der Waals surface area (Å²) in [7, 11) is 0. The van der Waals surface area contributed by atoms with E-state index in [1.54, 1.807) is 0 Å². The molecule has 0 atom stereocenters. The number of hydrogen-bond acceptors (Lipinski definition) is 4. The predicted octanol–water partition coefficient (Wildman–Crippen LogP) is 3.01. The molecule has 0 aliphatic rings. The van der Waals surface area contributed by atoms with E-state index in [1.807, 2.05) is 0 Å². The fourth-order valence-electron chi connectivity index (χ4n) is 1.89. The largest absolute Gasteiger partial charge is 0.463 e. The summed E-state index contributed by atoms with van der Waals surface area (Å²) in [5.74, 6) is -0.764. The van der Waals surface area contributed by atoms with E-state index in [1.165, 1.54) is 23.3 Å². The third-order valence-electron chi connectivity index (χ3n) is 3.06. The standard InChI is InChI=1S/C18H22O4/c1-3-17(19)21-13-5-7-15-9-11-16(12-10-15)8-6-14-22-18(20)4-2/h3-4,9-12H,1-2,5-8,13-14H2. The van der Waals surface area contributed by atoms with Gasteiger partial charge in [0.25, 0.3) is 0 Å². The minimum Gasteiger partial charge on any atom is -0.463 e. The lowest BCUT2D eigenvalue weighted by molar-refractivity contribution is -0.138. The molecule has 0 fully saturated rings. The molecular formula is C18H22O4. The van der Waals surface area contributed by atoms with Crippen molar-refractivity contribution in [1.29, 1.82) is 0 Å². The molecule has 0 saturated carbocycles. The van der Waals surface area contributed by atoms with Gasteiger partial charge in [0.15, 0.2) is 0 Å². The number of rotatable bonds is 10. The van der Waals surface area contributed by atoms with Gasteiger partial charge < -0.3 is 9.47 Å². The molecule has 0 bridgehead atoms. The van der Waals surface area contributed by atoms with Crippen LogP contribution in [0.5, 0.6) is 0 Å². The maximum atomic E-state index is 10.9. The summed E-state index contributed by atoms with van der Waals surface area (Å²) in [5, 5.41) is 0. The van der Waals surface area contributed by atoms with Crippen LogP contribution in [0.4, 0.5) is 0 Å². The Morgan fingerprint density at radius 3 is 1.50 bits per heavy atom. The lowest BCUT2D eigenvalue weighted by Gasteiger charge is -2.05. The molecule has 0 aliphatic carbocycles. The third-order valence-corrected chi connectivity index (χ3v) is 3.06. The van der Waals surface area contributed by atoms with Gasteiger partial charge in [0.2, 0.25) is 0 Å². The van der Waals surface area contributed by atoms with Gasteiger partial charge >= 0.3 is 11.9 Å². The van der Waals surface area contributed by atoms with Crippen molar-refractivity contribution in [3.05, 3.63) is 60.7 Å². The zero-order chi connectivity index (χ0) is 16.2. The van der Waals surface area contributed by atoms with Crippen molar-refractivity contribution in [2.75, 3.05) is 13.2 Å². The second-order valence-electron chi connectivity index (χ2n) is 4.77. The first-order chi connectivity index (χ1) is 10.7. The number of aryl methyl sites for hydroxylation is 2. The summed E-state index contributed by atoms with van der Waals surface area (Å²) < 4.78 is 9.85. The highest BCUT2D eigenvalue weighted by Crippen LogP contribution is 2.09. The topological polar surface area (TPSA) is 52.6 Å². The molecule has 0 N–H and O–H groups in total. The zero-order valence-corrected chi connectivity index (χ0v) is 12.8. The monoisotopic (exact) mass is 302 g/mol. The quantitative estimate of drug-likeness (QED) is 0.379. The Balaban J connectivity index is 2.22. The van der Waals surface area contributed by atoms with Crippen molar-refractivity contribution in [1.82, 2.24) is 0 Å². The Labute approximate surface area is 131 Å². The van der Waals surface area contributed by atoms with Crippen LogP contribution in [0.2, 0.25) is 0 Å². The number of carbonyl (C=O) groups is 2. The highest BCUT2D eigenvalue weighted by atomic mass is 16.5. The minimum atomic E-state index is -0.382. The maximum absolute atomic E-state index is 10.9. The van der Waals surface area contributed by atoms with Crippen molar-refractivity contribution >= 4 is 11.9 Å². The molecule has 0 heterocycles. The SMILES string of the molecule is C=CC(=O)OCCCc1ccc(CCCOC(=O)C=C)cc1. The van der Waals surface area contributed by atoms with Crippen LogP contribution in [-0.2, 0) is 31.9 Å². The van der Waals surface area contributed by atoms with Crippen LogP contribution in [0.15, 0.2) is 49.6 Å². The number of hydrogen-bond donors (Lipinski definition) is 0. The van der Waals surface area contributed by atoms with E-state index < -0.39 is 0 Å². The van der Waals surface area contributed by atoms with Gasteiger partial charge in [0.05, 0.1) is 13.2 Å². The first-order valence-corrected chi connectivity index (χ1v) is 7.32. The summed E-state index contributed by atoms with van der Waals surface area (Å²) in [6.45, 7) is 7.50. The van der Waals surface area contributed by atoms with Crippen LogP contribution >= 0.6 is 0 Å². The zero-order valence-electron chi connectivity index (χ0n) is 12.8. The highest BCUT2D eigenvalue weighted by Gasteiger charge is 1.99. The summed E-state index contributed by atoms with van der Waals surface area (Å²) in [5.41, 5.74) is 2.41. The van der Waals surface area contributed by atoms with Gasteiger partial charge in [0, 0.05) is 12.2 Å². The number of benzene rings is 1. The van der Waals surface area contributed by atoms with Crippen LogP contribution in [0, 0.1) is 0 Å². The summed E-state index contributed by atoms with van der Waals surface area (Å²) >= 11 is 0. The average molecular weight is 302 g/mol. The number of esters is 2. The van der Waals surface area contributed by atoms with Crippen LogP contribution in [0.1, 0.15) is 24.0 Å². The molecule has 0 saturated heterocycles. The smallest absolute Gasteiger partial charge is 0.330 e. The first kappa shape index (κ1) is 17.7. The summed E-state index contributed by atoms with van der Waals surface area (Å²) in [4.78, 5) is 21.8. The van der Waals surface area contributed by atoms with Crippen molar-refractivity contribution in [3.63, 3.8) is 0 Å². The second kappa shape index (κ2) is 10.4. The van der Waals surface area contributed by atoms with Crippen molar-refractivity contribution in [2.45, 2.75) is 25.7 Å². The second-order valence-corrected chi connectivity index (χ2v) is 4.77. The van der Waals surface area contributed by atoms with E-state index >= 15 is 0 Å². The molecule has 1 rings (SSSR count). The molecule has 0 spiro atoms. The molecular weight excluding hydrogens is 280 g/mol. The van der Waals surface area contributed by atoms with Crippen LogP contribution in [0.3, 0.4) is 0 Å². The van der Waals surface area contributed by atoms with E-state index in [0.717, 1.165) is 25.7 Å². The van der Waals surface area contributed by atoms with Gasteiger partial charge in [-0.1, -0.05) is 37.4 Å². The first-order valence-electron chi connectivity index (χ1n) is 7.32. The van der Waals surface area contributed by atoms with Crippen LogP contribution < -0.4 is 0 Å². The molecule has 118 valence electrons. The molecule has 0 aromatic heterocycles. The fourth-order valence-corrected chi connectivity index (χ4v) is 1.89. The van der Waals surface area contributed by atoms with E-state index in [9.17, 15) is 9.59 Å². The van der Waals surface area contributed by atoms with Gasteiger partial charge in [0.1, 0.15) is 0 Å². The fraction of sp³-hybridized carbons (Fsp3) is 0.333. The lowest BCUT2D eigenvalue weighted by atomic mass is 10.0. The molecule has 4 heteroatoms. The molecule has 0 amide bonds. The van der Waals surface area contributed by atoms with Crippen molar-refractivity contribution < 1.29 is 19.1 Å². The normalized spacial score (nSPS) is 9.82. The van der Waals surface area contributed by atoms with Gasteiger partial charge in [-0.05, 0) is 36.8 Å². The minimum absolute atomic E-state index is 0.382.